The third kappa shape index (κ3) is 2.80. The molecule has 0 spiro atoms. The number of hydrogen-bond donors (Lipinski definition) is 1. The van der Waals surface area contributed by atoms with Gasteiger partial charge in [0.2, 0.25) is 0 Å². The summed E-state index contributed by atoms with van der Waals surface area (Å²) >= 11 is 0. The first-order chi connectivity index (χ1) is 6.50. The zero-order chi connectivity index (χ0) is 10.7. The van der Waals surface area contributed by atoms with Gasteiger partial charge < -0.3 is 5.11 Å². The summed E-state index contributed by atoms with van der Waals surface area (Å²) in [6.45, 7) is 5.04. The van der Waals surface area contributed by atoms with Crippen LogP contribution < -0.4 is 0 Å². The van der Waals surface area contributed by atoms with Crippen molar-refractivity contribution in [1.82, 2.24) is 4.90 Å². The van der Waals surface area contributed by atoms with Gasteiger partial charge in [-0.2, -0.15) is 0 Å². The molecule has 2 unspecified atom stereocenters. The second-order valence-electron chi connectivity index (χ2n) is 3.92. The standard InChI is InChI=1S/C10H16FNO2/c1-7(2)12-5-8(9(11)6-12)3-4-10(13)14/h3-4,7-9H,5-6H2,1-2H3,(H,13,14)/b4-3+. The molecule has 0 bridgehead atoms. The first kappa shape index (κ1) is 11.2. The van der Waals surface area contributed by atoms with Crippen molar-refractivity contribution in [3.8, 4) is 0 Å². The van der Waals surface area contributed by atoms with Gasteiger partial charge in [-0.05, 0) is 13.8 Å². The van der Waals surface area contributed by atoms with Crippen molar-refractivity contribution in [2.24, 2.45) is 5.92 Å². The molecule has 0 radical (unpaired) electrons. The van der Waals surface area contributed by atoms with Crippen molar-refractivity contribution >= 4 is 5.97 Å². The highest BCUT2D eigenvalue weighted by Crippen LogP contribution is 2.22. The van der Waals surface area contributed by atoms with Gasteiger partial charge in [0, 0.05) is 31.1 Å². The van der Waals surface area contributed by atoms with E-state index in [1.807, 2.05) is 18.7 Å². The summed E-state index contributed by atoms with van der Waals surface area (Å²) in [6, 6.07) is 0.316. The lowest BCUT2D eigenvalue weighted by Crippen LogP contribution is -2.28. The molecule has 1 fully saturated rings. The predicted molar refractivity (Wildman–Crippen MR) is 51.9 cm³/mol. The summed E-state index contributed by atoms with van der Waals surface area (Å²) in [5, 5.41) is 8.41. The van der Waals surface area contributed by atoms with Crippen LogP contribution >= 0.6 is 0 Å². The number of likely N-dealkylation sites (tertiary alicyclic amines) is 1. The third-order valence-corrected chi connectivity index (χ3v) is 2.54. The number of rotatable bonds is 3. The first-order valence-corrected chi connectivity index (χ1v) is 4.80. The van der Waals surface area contributed by atoms with Gasteiger partial charge in [0.05, 0.1) is 0 Å². The fraction of sp³-hybridized carbons (Fsp3) is 0.700. The smallest absolute Gasteiger partial charge is 0.327 e. The SMILES string of the molecule is CC(C)N1CC(F)C(/C=C/C(=O)O)C1. The van der Waals surface area contributed by atoms with Crippen LogP contribution in [0.1, 0.15) is 13.8 Å². The predicted octanol–water partition coefficient (Wildman–Crippen LogP) is 1.31. The number of halogens is 1. The van der Waals surface area contributed by atoms with E-state index in [0.717, 1.165) is 6.08 Å². The molecule has 1 heterocycles. The van der Waals surface area contributed by atoms with Gasteiger partial charge in [-0.15, -0.1) is 0 Å². The van der Waals surface area contributed by atoms with Crippen LogP contribution in [0.15, 0.2) is 12.2 Å². The van der Waals surface area contributed by atoms with Crippen LogP contribution in [-0.4, -0.2) is 41.3 Å². The van der Waals surface area contributed by atoms with E-state index >= 15 is 0 Å². The highest BCUT2D eigenvalue weighted by Gasteiger charge is 2.32. The van der Waals surface area contributed by atoms with Crippen LogP contribution in [0.4, 0.5) is 4.39 Å². The number of alkyl halides is 1. The van der Waals surface area contributed by atoms with Crippen LogP contribution in [0.2, 0.25) is 0 Å². The molecule has 0 aromatic carbocycles. The fourth-order valence-corrected chi connectivity index (χ4v) is 1.63. The molecule has 1 saturated heterocycles. The maximum absolute atomic E-state index is 13.4. The van der Waals surface area contributed by atoms with E-state index in [0.29, 0.717) is 19.1 Å². The lowest BCUT2D eigenvalue weighted by molar-refractivity contribution is -0.131. The zero-order valence-corrected chi connectivity index (χ0v) is 8.48. The second-order valence-corrected chi connectivity index (χ2v) is 3.92. The molecule has 3 nitrogen and oxygen atoms in total. The summed E-state index contributed by atoms with van der Waals surface area (Å²) in [7, 11) is 0. The first-order valence-electron chi connectivity index (χ1n) is 4.80. The number of carbonyl (C=O) groups is 1. The number of carboxylic acids is 1. The molecule has 80 valence electrons. The van der Waals surface area contributed by atoms with Gasteiger partial charge in [-0.1, -0.05) is 6.08 Å². The Morgan fingerprint density at radius 2 is 2.21 bits per heavy atom. The number of carboxylic acid groups (broad SMARTS) is 1. The molecule has 2 atom stereocenters. The molecule has 14 heavy (non-hydrogen) atoms. The Morgan fingerprint density at radius 3 is 2.64 bits per heavy atom. The van der Waals surface area contributed by atoms with Crippen LogP contribution in [-0.2, 0) is 4.79 Å². The molecule has 0 aromatic heterocycles. The Bertz CT molecular complexity index is 240. The topological polar surface area (TPSA) is 40.5 Å². The average Bonchev–Trinajstić information content (AvgIpc) is 2.43. The van der Waals surface area contributed by atoms with Crippen LogP contribution in [0, 0.1) is 5.92 Å². The second kappa shape index (κ2) is 4.55. The molecule has 0 aromatic rings. The molecule has 0 aliphatic carbocycles. The van der Waals surface area contributed by atoms with Gasteiger partial charge in [-0.3, -0.25) is 4.90 Å². The van der Waals surface area contributed by atoms with Gasteiger partial charge in [0.15, 0.2) is 0 Å². The van der Waals surface area contributed by atoms with Crippen molar-refractivity contribution in [2.75, 3.05) is 13.1 Å². The van der Waals surface area contributed by atoms with Crippen LogP contribution in [0.3, 0.4) is 0 Å². The number of nitrogens with zero attached hydrogens (tertiary/aromatic N) is 1. The maximum Gasteiger partial charge on any atom is 0.327 e. The third-order valence-electron chi connectivity index (χ3n) is 2.54. The molecular weight excluding hydrogens is 185 g/mol. The highest BCUT2D eigenvalue weighted by atomic mass is 19.1. The quantitative estimate of drug-likeness (QED) is 0.700. The van der Waals surface area contributed by atoms with E-state index in [4.69, 9.17) is 5.11 Å². The van der Waals surface area contributed by atoms with E-state index < -0.39 is 12.1 Å². The Kier molecular flexibility index (Phi) is 3.63. The van der Waals surface area contributed by atoms with Crippen molar-refractivity contribution in [1.29, 1.82) is 0 Å². The molecule has 0 amide bonds. The van der Waals surface area contributed by atoms with Crippen molar-refractivity contribution in [2.45, 2.75) is 26.1 Å². The molecule has 1 aliphatic rings. The Morgan fingerprint density at radius 1 is 1.57 bits per heavy atom. The molecule has 4 heteroatoms. The maximum atomic E-state index is 13.4. The minimum absolute atomic E-state index is 0.270. The molecule has 1 rings (SSSR count). The monoisotopic (exact) mass is 201 g/mol. The van der Waals surface area contributed by atoms with E-state index in [1.165, 1.54) is 6.08 Å². The normalized spacial score (nSPS) is 29.1. The van der Waals surface area contributed by atoms with Crippen molar-refractivity contribution in [3.63, 3.8) is 0 Å². The van der Waals surface area contributed by atoms with E-state index in [1.54, 1.807) is 0 Å². The van der Waals surface area contributed by atoms with Crippen molar-refractivity contribution < 1.29 is 14.3 Å². The summed E-state index contributed by atoms with van der Waals surface area (Å²) in [4.78, 5) is 12.3. The van der Waals surface area contributed by atoms with Crippen LogP contribution in [0.5, 0.6) is 0 Å². The van der Waals surface area contributed by atoms with Gasteiger partial charge in [-0.25, -0.2) is 9.18 Å². The molecule has 1 N–H and O–H groups in total. The Labute approximate surface area is 83.2 Å². The van der Waals surface area contributed by atoms with E-state index in [2.05, 4.69) is 0 Å². The lowest BCUT2D eigenvalue weighted by Gasteiger charge is -2.18. The van der Waals surface area contributed by atoms with E-state index in [9.17, 15) is 9.18 Å². The van der Waals surface area contributed by atoms with Crippen LogP contribution in [0.25, 0.3) is 0 Å². The highest BCUT2D eigenvalue weighted by molar-refractivity contribution is 5.79. The molecule has 0 saturated carbocycles. The minimum Gasteiger partial charge on any atom is -0.478 e. The largest absolute Gasteiger partial charge is 0.478 e. The van der Waals surface area contributed by atoms with Gasteiger partial charge >= 0.3 is 5.97 Å². The Balaban J connectivity index is 2.52. The zero-order valence-electron chi connectivity index (χ0n) is 8.48. The van der Waals surface area contributed by atoms with Crippen molar-refractivity contribution in [3.05, 3.63) is 12.2 Å². The summed E-state index contributed by atoms with van der Waals surface area (Å²) in [5.74, 6) is -1.28. The minimum atomic E-state index is -1.01. The van der Waals surface area contributed by atoms with Gasteiger partial charge in [0.1, 0.15) is 6.17 Å². The summed E-state index contributed by atoms with van der Waals surface area (Å²) in [5.41, 5.74) is 0. The fourth-order valence-electron chi connectivity index (χ4n) is 1.63. The molecule has 1 aliphatic heterocycles. The van der Waals surface area contributed by atoms with Gasteiger partial charge in [0.25, 0.3) is 0 Å². The Hall–Kier alpha value is -0.900. The number of hydrogen-bond acceptors (Lipinski definition) is 2. The van der Waals surface area contributed by atoms with E-state index in [-0.39, 0.29) is 5.92 Å². The summed E-state index contributed by atoms with van der Waals surface area (Å²) < 4.78 is 13.4. The lowest BCUT2D eigenvalue weighted by atomic mass is 10.1. The number of aliphatic carboxylic acids is 1. The molecular formula is C10H16FNO2. The average molecular weight is 201 g/mol. The summed E-state index contributed by atoms with van der Waals surface area (Å²) in [6.07, 6.45) is 1.55.